The number of aryl methyl sites for hydroxylation is 1. The Bertz CT molecular complexity index is 969. The van der Waals surface area contributed by atoms with Crippen molar-refractivity contribution in [3.05, 3.63) is 60.1 Å². The molecule has 0 radical (unpaired) electrons. The van der Waals surface area contributed by atoms with Gasteiger partial charge in [-0.15, -0.1) is 0 Å². The van der Waals surface area contributed by atoms with Crippen LogP contribution in [-0.2, 0) is 16.6 Å². The molecule has 0 amide bonds. The highest BCUT2D eigenvalue weighted by atomic mass is 32.2. The molecule has 3 aromatic rings. The zero-order chi connectivity index (χ0) is 17.9. The van der Waals surface area contributed by atoms with Gasteiger partial charge in [-0.1, -0.05) is 6.07 Å². The summed E-state index contributed by atoms with van der Waals surface area (Å²) in [4.78, 5) is 8.71. The van der Waals surface area contributed by atoms with Crippen LogP contribution in [0.4, 0.5) is 0 Å². The van der Waals surface area contributed by atoms with Gasteiger partial charge in [0, 0.05) is 18.3 Å². The lowest BCUT2D eigenvalue weighted by Gasteiger charge is -2.09. The maximum Gasteiger partial charge on any atom is 0.274 e. The van der Waals surface area contributed by atoms with Gasteiger partial charge in [0.1, 0.15) is 11.5 Å². The fraction of sp³-hybridized carbons (Fsp3) is 0.176. The topological polar surface area (TPSA) is 94.3 Å². The SMILES string of the molecule is COc1cc(CNS(=O)(=O)c2ccc(C)o2)nc(-c2ccccn2)c1. The van der Waals surface area contributed by atoms with Gasteiger partial charge in [-0.25, -0.2) is 18.1 Å². The van der Waals surface area contributed by atoms with Crippen LogP contribution in [0.1, 0.15) is 11.5 Å². The Kier molecular flexibility index (Phi) is 4.82. The third-order valence-electron chi connectivity index (χ3n) is 3.44. The number of pyridine rings is 2. The first-order chi connectivity index (χ1) is 12.0. The molecule has 0 unspecified atom stereocenters. The van der Waals surface area contributed by atoms with E-state index in [-0.39, 0.29) is 11.6 Å². The summed E-state index contributed by atoms with van der Waals surface area (Å²) in [5, 5.41) is -0.127. The molecule has 0 atom stereocenters. The van der Waals surface area contributed by atoms with Crippen LogP contribution in [0.25, 0.3) is 11.4 Å². The Morgan fingerprint density at radius 1 is 1.16 bits per heavy atom. The predicted molar refractivity (Wildman–Crippen MR) is 91.5 cm³/mol. The van der Waals surface area contributed by atoms with Gasteiger partial charge >= 0.3 is 0 Å². The first kappa shape index (κ1) is 17.1. The zero-order valence-electron chi connectivity index (χ0n) is 13.8. The molecule has 0 aliphatic carbocycles. The van der Waals surface area contributed by atoms with Crippen molar-refractivity contribution < 1.29 is 17.6 Å². The fourth-order valence-electron chi connectivity index (χ4n) is 2.21. The number of nitrogens with zero attached hydrogens (tertiary/aromatic N) is 2. The lowest BCUT2D eigenvalue weighted by atomic mass is 10.2. The van der Waals surface area contributed by atoms with Crippen LogP contribution in [0.3, 0.4) is 0 Å². The molecule has 0 aliphatic heterocycles. The smallest absolute Gasteiger partial charge is 0.274 e. The van der Waals surface area contributed by atoms with E-state index in [1.54, 1.807) is 31.3 Å². The first-order valence-corrected chi connectivity index (χ1v) is 8.99. The van der Waals surface area contributed by atoms with E-state index >= 15 is 0 Å². The van der Waals surface area contributed by atoms with E-state index in [4.69, 9.17) is 9.15 Å². The normalized spacial score (nSPS) is 11.4. The third kappa shape index (κ3) is 4.04. The Hall–Kier alpha value is -2.71. The number of sulfonamides is 1. The van der Waals surface area contributed by atoms with Crippen LogP contribution in [0.2, 0.25) is 0 Å². The highest BCUT2D eigenvalue weighted by Crippen LogP contribution is 2.22. The molecular weight excluding hydrogens is 342 g/mol. The van der Waals surface area contributed by atoms with Crippen LogP contribution in [-0.4, -0.2) is 25.5 Å². The summed E-state index contributed by atoms with van der Waals surface area (Å²) in [5.74, 6) is 1.09. The second-order valence-corrected chi connectivity index (χ2v) is 6.99. The highest BCUT2D eigenvalue weighted by molar-refractivity contribution is 7.89. The van der Waals surface area contributed by atoms with Gasteiger partial charge in [0.2, 0.25) is 5.09 Å². The second-order valence-electron chi connectivity index (χ2n) is 5.29. The summed E-state index contributed by atoms with van der Waals surface area (Å²) >= 11 is 0. The molecule has 0 fully saturated rings. The van der Waals surface area contributed by atoms with Crippen molar-refractivity contribution in [3.63, 3.8) is 0 Å². The largest absolute Gasteiger partial charge is 0.497 e. The van der Waals surface area contributed by atoms with E-state index in [1.807, 2.05) is 18.2 Å². The van der Waals surface area contributed by atoms with Crippen molar-refractivity contribution in [2.24, 2.45) is 0 Å². The Morgan fingerprint density at radius 3 is 2.64 bits per heavy atom. The van der Waals surface area contributed by atoms with E-state index in [1.165, 1.54) is 13.2 Å². The molecule has 130 valence electrons. The molecule has 0 saturated carbocycles. The molecule has 0 saturated heterocycles. The maximum absolute atomic E-state index is 12.3. The van der Waals surface area contributed by atoms with E-state index < -0.39 is 10.0 Å². The monoisotopic (exact) mass is 359 g/mol. The number of methoxy groups -OCH3 is 1. The number of nitrogens with one attached hydrogen (secondary N) is 1. The van der Waals surface area contributed by atoms with E-state index in [0.717, 1.165) is 0 Å². The molecule has 0 bridgehead atoms. The minimum Gasteiger partial charge on any atom is -0.497 e. The summed E-state index contributed by atoms with van der Waals surface area (Å²) in [6.07, 6.45) is 1.66. The first-order valence-electron chi connectivity index (χ1n) is 7.50. The number of hydrogen-bond donors (Lipinski definition) is 1. The molecule has 1 N–H and O–H groups in total. The molecular formula is C17H17N3O4S. The molecule has 3 heterocycles. The van der Waals surface area contributed by atoms with Crippen LogP contribution in [0.5, 0.6) is 5.75 Å². The Morgan fingerprint density at radius 2 is 2.00 bits per heavy atom. The van der Waals surface area contributed by atoms with Crippen molar-refractivity contribution in [1.82, 2.24) is 14.7 Å². The number of aromatic nitrogens is 2. The Balaban J connectivity index is 1.85. The van der Waals surface area contributed by atoms with E-state index in [0.29, 0.717) is 28.6 Å². The lowest BCUT2D eigenvalue weighted by Crippen LogP contribution is -2.23. The lowest BCUT2D eigenvalue weighted by molar-refractivity contribution is 0.413. The molecule has 0 spiro atoms. The van der Waals surface area contributed by atoms with Crippen LogP contribution in [0, 0.1) is 6.92 Å². The van der Waals surface area contributed by atoms with Gasteiger partial charge in [0.15, 0.2) is 0 Å². The summed E-state index contributed by atoms with van der Waals surface area (Å²) in [5.41, 5.74) is 1.78. The average Bonchev–Trinajstić information content (AvgIpc) is 3.08. The summed E-state index contributed by atoms with van der Waals surface area (Å²) in [7, 11) is -2.21. The number of ether oxygens (including phenoxy) is 1. The quantitative estimate of drug-likeness (QED) is 0.727. The molecule has 7 nitrogen and oxygen atoms in total. The van der Waals surface area contributed by atoms with Crippen molar-refractivity contribution >= 4 is 10.0 Å². The van der Waals surface area contributed by atoms with E-state index in [2.05, 4.69) is 14.7 Å². The summed E-state index contributed by atoms with van der Waals surface area (Å²) in [6.45, 7) is 1.68. The maximum atomic E-state index is 12.3. The number of rotatable bonds is 6. The van der Waals surface area contributed by atoms with Crippen LogP contribution in [0.15, 0.2) is 58.2 Å². The summed E-state index contributed by atoms with van der Waals surface area (Å²) < 4.78 is 37.4. The van der Waals surface area contributed by atoms with E-state index in [9.17, 15) is 8.42 Å². The van der Waals surface area contributed by atoms with Gasteiger partial charge in [0.25, 0.3) is 10.0 Å². The van der Waals surface area contributed by atoms with Crippen molar-refractivity contribution in [2.75, 3.05) is 7.11 Å². The molecule has 0 aliphatic rings. The fourth-order valence-corrected chi connectivity index (χ4v) is 3.18. The predicted octanol–water partition coefficient (Wildman–Crippen LogP) is 2.53. The van der Waals surface area contributed by atoms with Crippen LogP contribution >= 0.6 is 0 Å². The van der Waals surface area contributed by atoms with Crippen molar-refractivity contribution in [1.29, 1.82) is 0 Å². The van der Waals surface area contributed by atoms with Gasteiger partial charge in [-0.3, -0.25) is 4.98 Å². The van der Waals surface area contributed by atoms with Crippen LogP contribution < -0.4 is 9.46 Å². The highest BCUT2D eigenvalue weighted by Gasteiger charge is 2.18. The number of furan rings is 1. The molecule has 8 heteroatoms. The van der Waals surface area contributed by atoms with Gasteiger partial charge < -0.3 is 9.15 Å². The van der Waals surface area contributed by atoms with Crippen molar-refractivity contribution in [2.45, 2.75) is 18.6 Å². The minimum atomic E-state index is -3.75. The molecule has 3 rings (SSSR count). The number of hydrogen-bond acceptors (Lipinski definition) is 6. The van der Waals surface area contributed by atoms with Gasteiger partial charge in [-0.05, 0) is 31.2 Å². The molecule has 0 aromatic carbocycles. The second kappa shape index (κ2) is 7.04. The average molecular weight is 359 g/mol. The minimum absolute atomic E-state index is 0.000878. The van der Waals surface area contributed by atoms with Gasteiger partial charge in [-0.2, -0.15) is 0 Å². The van der Waals surface area contributed by atoms with Gasteiger partial charge in [0.05, 0.1) is 30.7 Å². The standard InChI is InChI=1S/C17H17N3O4S/c1-12-6-7-17(24-12)25(21,22)19-11-13-9-14(23-2)10-16(20-13)15-5-3-4-8-18-15/h3-10,19H,11H2,1-2H3. The summed E-state index contributed by atoms with van der Waals surface area (Å²) in [6, 6.07) is 11.9. The Labute approximate surface area is 145 Å². The van der Waals surface area contributed by atoms with Crippen molar-refractivity contribution in [3.8, 4) is 17.1 Å². The molecule has 3 aromatic heterocycles. The zero-order valence-corrected chi connectivity index (χ0v) is 14.6. The third-order valence-corrected chi connectivity index (χ3v) is 4.71. The molecule has 25 heavy (non-hydrogen) atoms.